The normalized spacial score (nSPS) is 10.7. The number of alkyl halides is 3. The van der Waals surface area contributed by atoms with Crippen molar-refractivity contribution < 1.29 is 31.8 Å². The van der Waals surface area contributed by atoms with Gasteiger partial charge >= 0.3 is 12.3 Å². The molecule has 8 heteroatoms. The fraction of sp³-hybridized carbons (Fsp3) is 0.200. The Labute approximate surface area is 98.3 Å². The van der Waals surface area contributed by atoms with E-state index in [-0.39, 0.29) is 0 Å². The van der Waals surface area contributed by atoms with Crippen LogP contribution in [0, 0.1) is 17.1 Å². The third-order valence-electron chi connectivity index (χ3n) is 1.84. The topological polar surface area (TPSA) is 59.3 Å². The molecule has 0 N–H and O–H groups in total. The van der Waals surface area contributed by atoms with Gasteiger partial charge in [0.15, 0.2) is 11.6 Å². The number of nitrogens with zero attached hydrogens (tertiary/aromatic N) is 1. The number of hydrogen-bond donors (Lipinski definition) is 0. The van der Waals surface area contributed by atoms with E-state index >= 15 is 0 Å². The van der Waals surface area contributed by atoms with E-state index in [9.17, 15) is 22.4 Å². The molecule has 18 heavy (non-hydrogen) atoms. The van der Waals surface area contributed by atoms with Crippen LogP contribution in [0.25, 0.3) is 0 Å². The Morgan fingerprint density at radius 1 is 1.39 bits per heavy atom. The van der Waals surface area contributed by atoms with Gasteiger partial charge in [-0.3, -0.25) is 0 Å². The molecule has 0 radical (unpaired) electrons. The van der Waals surface area contributed by atoms with Crippen LogP contribution in [0.4, 0.5) is 17.6 Å². The molecule has 0 aromatic heterocycles. The predicted molar refractivity (Wildman–Crippen MR) is 49.1 cm³/mol. The third kappa shape index (κ3) is 2.88. The summed E-state index contributed by atoms with van der Waals surface area (Å²) in [5, 5.41) is 8.62. The summed E-state index contributed by atoms with van der Waals surface area (Å²) in [6.45, 7) is 0. The van der Waals surface area contributed by atoms with Crippen molar-refractivity contribution in [3.8, 4) is 11.8 Å². The summed E-state index contributed by atoms with van der Waals surface area (Å²) in [5.74, 6) is -4.07. The lowest BCUT2D eigenvalue weighted by molar-refractivity contribution is -0.275. The quantitative estimate of drug-likeness (QED) is 0.607. The van der Waals surface area contributed by atoms with Crippen LogP contribution in [0.15, 0.2) is 12.1 Å². The molecule has 0 fully saturated rings. The lowest BCUT2D eigenvalue weighted by Crippen LogP contribution is -2.19. The summed E-state index contributed by atoms with van der Waals surface area (Å²) >= 11 is 0. The standard InChI is InChI=1S/C10H5F4NO3/c1-17-9(16)7-5(4-15)2-3-6(8(7)11)18-10(12,13)14/h2-3H,1H3. The molecular formula is C10H5F4NO3. The number of esters is 1. The minimum absolute atomic E-state index is 0.450. The summed E-state index contributed by atoms with van der Waals surface area (Å²) < 4.78 is 57.0. The Hall–Kier alpha value is -2.30. The first-order chi connectivity index (χ1) is 8.30. The molecule has 0 aliphatic rings. The molecule has 96 valence electrons. The Morgan fingerprint density at radius 2 is 2.00 bits per heavy atom. The van der Waals surface area contributed by atoms with Gasteiger partial charge < -0.3 is 9.47 Å². The van der Waals surface area contributed by atoms with Crippen LogP contribution in [0.5, 0.6) is 5.75 Å². The van der Waals surface area contributed by atoms with Gasteiger partial charge in [-0.05, 0) is 12.1 Å². The number of carbonyl (C=O) groups excluding carboxylic acids is 1. The van der Waals surface area contributed by atoms with Crippen molar-refractivity contribution in [2.24, 2.45) is 0 Å². The van der Waals surface area contributed by atoms with E-state index in [4.69, 9.17) is 5.26 Å². The molecule has 1 aromatic rings. The Kier molecular flexibility index (Phi) is 3.76. The zero-order chi connectivity index (χ0) is 13.9. The minimum Gasteiger partial charge on any atom is -0.465 e. The maximum Gasteiger partial charge on any atom is 0.573 e. The fourth-order valence-corrected chi connectivity index (χ4v) is 1.16. The highest BCUT2D eigenvalue weighted by Crippen LogP contribution is 2.29. The van der Waals surface area contributed by atoms with E-state index in [1.165, 1.54) is 6.07 Å². The molecule has 0 aliphatic carbocycles. The first kappa shape index (κ1) is 13.8. The average molecular weight is 263 g/mol. The van der Waals surface area contributed by atoms with Gasteiger partial charge in [-0.1, -0.05) is 0 Å². The molecule has 0 saturated carbocycles. The highest BCUT2D eigenvalue weighted by atomic mass is 19.4. The number of benzene rings is 1. The molecular weight excluding hydrogens is 258 g/mol. The van der Waals surface area contributed by atoms with Crippen LogP contribution < -0.4 is 4.74 Å². The Morgan fingerprint density at radius 3 is 2.44 bits per heavy atom. The van der Waals surface area contributed by atoms with Crippen molar-refractivity contribution in [3.63, 3.8) is 0 Å². The maximum atomic E-state index is 13.6. The smallest absolute Gasteiger partial charge is 0.465 e. The molecule has 0 spiro atoms. The molecule has 0 bridgehead atoms. The van der Waals surface area contributed by atoms with Crippen LogP contribution in [0.3, 0.4) is 0 Å². The molecule has 0 atom stereocenters. The second-order valence-electron chi connectivity index (χ2n) is 2.95. The minimum atomic E-state index is -5.11. The van der Waals surface area contributed by atoms with Crippen LogP contribution in [0.1, 0.15) is 15.9 Å². The molecule has 4 nitrogen and oxygen atoms in total. The lowest BCUT2D eigenvalue weighted by Gasteiger charge is -2.11. The van der Waals surface area contributed by atoms with Crippen molar-refractivity contribution in [2.75, 3.05) is 7.11 Å². The summed E-state index contributed by atoms with van der Waals surface area (Å²) in [5.41, 5.74) is -1.35. The summed E-state index contributed by atoms with van der Waals surface area (Å²) in [7, 11) is 0.903. The van der Waals surface area contributed by atoms with Gasteiger partial charge in [-0.25, -0.2) is 9.18 Å². The van der Waals surface area contributed by atoms with Crippen LogP contribution in [-0.4, -0.2) is 19.4 Å². The second-order valence-corrected chi connectivity index (χ2v) is 2.95. The van der Waals surface area contributed by atoms with Crippen LogP contribution in [-0.2, 0) is 4.74 Å². The van der Waals surface area contributed by atoms with Crippen molar-refractivity contribution in [3.05, 3.63) is 29.1 Å². The fourth-order valence-electron chi connectivity index (χ4n) is 1.16. The molecule has 0 saturated heterocycles. The molecule has 0 aliphatic heterocycles. The van der Waals surface area contributed by atoms with Gasteiger partial charge in [-0.15, -0.1) is 13.2 Å². The number of hydrogen-bond acceptors (Lipinski definition) is 4. The molecule has 0 unspecified atom stereocenters. The number of carbonyl (C=O) groups is 1. The van der Waals surface area contributed by atoms with E-state index in [0.29, 0.717) is 6.07 Å². The molecule has 0 amide bonds. The van der Waals surface area contributed by atoms with Crippen molar-refractivity contribution in [1.82, 2.24) is 0 Å². The summed E-state index contributed by atoms with van der Waals surface area (Å²) in [6.07, 6.45) is -5.11. The largest absolute Gasteiger partial charge is 0.573 e. The lowest BCUT2D eigenvalue weighted by atomic mass is 10.1. The van der Waals surface area contributed by atoms with Crippen molar-refractivity contribution in [2.45, 2.75) is 6.36 Å². The number of ether oxygens (including phenoxy) is 2. The van der Waals surface area contributed by atoms with E-state index in [1.807, 2.05) is 0 Å². The zero-order valence-electron chi connectivity index (χ0n) is 8.84. The number of halogens is 4. The van der Waals surface area contributed by atoms with Gasteiger partial charge in [0.05, 0.1) is 12.7 Å². The second kappa shape index (κ2) is 4.91. The number of rotatable bonds is 2. The number of nitriles is 1. The average Bonchev–Trinajstić information content (AvgIpc) is 2.29. The van der Waals surface area contributed by atoms with Crippen molar-refractivity contribution >= 4 is 5.97 Å². The SMILES string of the molecule is COC(=O)c1c(C#N)ccc(OC(F)(F)F)c1F. The highest BCUT2D eigenvalue weighted by molar-refractivity contribution is 5.93. The highest BCUT2D eigenvalue weighted by Gasteiger charge is 2.34. The van der Waals surface area contributed by atoms with E-state index in [1.54, 1.807) is 0 Å². The first-order valence-electron chi connectivity index (χ1n) is 4.36. The van der Waals surface area contributed by atoms with E-state index < -0.39 is 35.0 Å². The van der Waals surface area contributed by atoms with Gasteiger partial charge in [0.1, 0.15) is 11.6 Å². The predicted octanol–water partition coefficient (Wildman–Crippen LogP) is 2.38. The van der Waals surface area contributed by atoms with Gasteiger partial charge in [0.25, 0.3) is 0 Å². The summed E-state index contributed by atoms with van der Waals surface area (Å²) in [6, 6.07) is 2.90. The molecule has 1 rings (SSSR count). The zero-order valence-corrected chi connectivity index (χ0v) is 8.84. The van der Waals surface area contributed by atoms with Gasteiger partial charge in [0.2, 0.25) is 0 Å². The van der Waals surface area contributed by atoms with Gasteiger partial charge in [0, 0.05) is 0 Å². The Balaban J connectivity index is 3.35. The molecule has 0 heterocycles. The van der Waals surface area contributed by atoms with E-state index in [0.717, 1.165) is 13.2 Å². The maximum absolute atomic E-state index is 13.6. The van der Waals surface area contributed by atoms with Crippen molar-refractivity contribution in [1.29, 1.82) is 5.26 Å². The number of methoxy groups -OCH3 is 1. The van der Waals surface area contributed by atoms with Crippen LogP contribution in [0.2, 0.25) is 0 Å². The first-order valence-corrected chi connectivity index (χ1v) is 4.36. The monoisotopic (exact) mass is 263 g/mol. The van der Waals surface area contributed by atoms with Gasteiger partial charge in [-0.2, -0.15) is 5.26 Å². The molecule has 1 aromatic carbocycles. The van der Waals surface area contributed by atoms with Crippen LogP contribution >= 0.6 is 0 Å². The Bertz CT molecular complexity index is 519. The third-order valence-corrected chi connectivity index (χ3v) is 1.84. The summed E-state index contributed by atoms with van der Waals surface area (Å²) in [4.78, 5) is 11.2. The van der Waals surface area contributed by atoms with E-state index in [2.05, 4.69) is 9.47 Å².